The van der Waals surface area contributed by atoms with Crippen LogP contribution in [-0.2, 0) is 4.79 Å². The molecule has 4 N–H and O–H groups in total. The molecule has 1 aliphatic rings. The van der Waals surface area contributed by atoms with Crippen LogP contribution >= 0.6 is 0 Å². The number of carbonyl (C=O) groups excluding carboxylic acids is 1. The molecule has 0 saturated carbocycles. The average Bonchev–Trinajstić information content (AvgIpc) is 3.33. The van der Waals surface area contributed by atoms with Gasteiger partial charge in [0.05, 0.1) is 17.8 Å². The number of benzene rings is 3. The number of aliphatic hydroxyl groups is 1. The molecule has 36 heavy (non-hydrogen) atoms. The summed E-state index contributed by atoms with van der Waals surface area (Å²) in [4.78, 5) is 26.3. The van der Waals surface area contributed by atoms with E-state index >= 15 is 0 Å². The summed E-state index contributed by atoms with van der Waals surface area (Å²) in [6, 6.07) is 15.8. The minimum atomic E-state index is -1.05. The summed E-state index contributed by atoms with van der Waals surface area (Å²) in [5, 5.41) is 33.8. The molecule has 0 spiro atoms. The normalized spacial score (nSPS) is 13.9. The fourth-order valence-electron chi connectivity index (χ4n) is 4.26. The van der Waals surface area contributed by atoms with Gasteiger partial charge in [-0.05, 0) is 35.9 Å². The molecule has 2 heterocycles. The number of fused-ring (bicyclic) bond motifs is 2. The van der Waals surface area contributed by atoms with Crippen molar-refractivity contribution in [2.24, 2.45) is 0 Å². The number of carbonyl (C=O) groups is 1. The first-order chi connectivity index (χ1) is 17.4. The van der Waals surface area contributed by atoms with E-state index in [2.05, 4.69) is 5.32 Å². The fraction of sp³-hybridized carbons (Fsp3) is 0.185. The summed E-state index contributed by atoms with van der Waals surface area (Å²) >= 11 is 0. The van der Waals surface area contributed by atoms with E-state index in [4.69, 9.17) is 13.9 Å². The van der Waals surface area contributed by atoms with Crippen molar-refractivity contribution in [1.29, 1.82) is 0 Å². The van der Waals surface area contributed by atoms with Gasteiger partial charge in [-0.3, -0.25) is 9.59 Å². The third kappa shape index (κ3) is 4.56. The zero-order valence-corrected chi connectivity index (χ0v) is 19.0. The molecule has 0 aliphatic carbocycles. The first kappa shape index (κ1) is 23.3. The quantitative estimate of drug-likeness (QED) is 0.310. The fourth-order valence-corrected chi connectivity index (χ4v) is 4.26. The van der Waals surface area contributed by atoms with Gasteiger partial charge >= 0.3 is 0 Å². The molecule has 1 amide bonds. The highest BCUT2D eigenvalue weighted by atomic mass is 16.7. The van der Waals surface area contributed by atoms with Crippen LogP contribution < -0.4 is 20.2 Å². The van der Waals surface area contributed by atoms with Gasteiger partial charge in [0, 0.05) is 36.1 Å². The van der Waals surface area contributed by atoms with E-state index in [-0.39, 0.29) is 42.2 Å². The highest BCUT2D eigenvalue weighted by molar-refractivity contribution is 5.80. The van der Waals surface area contributed by atoms with E-state index in [1.807, 2.05) is 0 Å². The van der Waals surface area contributed by atoms with Gasteiger partial charge in [0.25, 0.3) is 0 Å². The van der Waals surface area contributed by atoms with Crippen LogP contribution in [0.15, 0.2) is 76.1 Å². The van der Waals surface area contributed by atoms with Crippen LogP contribution in [0.4, 0.5) is 0 Å². The summed E-state index contributed by atoms with van der Waals surface area (Å²) in [5.74, 6) is -0.761. The van der Waals surface area contributed by atoms with Crippen LogP contribution in [0.1, 0.15) is 35.1 Å². The SMILES string of the molecule is O=C(CC(c1cc2c(cc1O)OCO2)c1coc2ccccc2c1=O)NCC(O)c1cccc(O)c1. The third-order valence-electron chi connectivity index (χ3n) is 6.12. The van der Waals surface area contributed by atoms with Gasteiger partial charge in [-0.15, -0.1) is 0 Å². The minimum Gasteiger partial charge on any atom is -0.508 e. The van der Waals surface area contributed by atoms with Gasteiger partial charge < -0.3 is 34.5 Å². The molecule has 2 unspecified atom stereocenters. The van der Waals surface area contributed by atoms with Crippen LogP contribution in [0.3, 0.4) is 0 Å². The van der Waals surface area contributed by atoms with Crippen molar-refractivity contribution in [2.75, 3.05) is 13.3 Å². The Bertz CT molecular complexity index is 1500. The number of para-hydroxylation sites is 1. The molecule has 9 nitrogen and oxygen atoms in total. The van der Waals surface area contributed by atoms with Crippen molar-refractivity contribution in [2.45, 2.75) is 18.4 Å². The Morgan fingerprint density at radius 3 is 2.56 bits per heavy atom. The number of amides is 1. The molecule has 3 aromatic carbocycles. The van der Waals surface area contributed by atoms with Crippen molar-refractivity contribution in [3.63, 3.8) is 0 Å². The lowest BCUT2D eigenvalue weighted by Crippen LogP contribution is -2.30. The number of nitrogens with one attached hydrogen (secondary N) is 1. The van der Waals surface area contributed by atoms with Crippen molar-refractivity contribution in [3.8, 4) is 23.0 Å². The number of phenolic OH excluding ortho intramolecular Hbond substituents is 2. The van der Waals surface area contributed by atoms with Crippen LogP contribution in [0.2, 0.25) is 0 Å². The molecular weight excluding hydrogens is 466 g/mol. The van der Waals surface area contributed by atoms with Crippen LogP contribution in [-0.4, -0.2) is 34.6 Å². The van der Waals surface area contributed by atoms with Crippen LogP contribution in [0.5, 0.6) is 23.0 Å². The second kappa shape index (κ2) is 9.63. The molecule has 0 bridgehead atoms. The van der Waals surface area contributed by atoms with Crippen molar-refractivity contribution in [1.82, 2.24) is 5.32 Å². The maximum absolute atomic E-state index is 13.4. The van der Waals surface area contributed by atoms with E-state index in [0.29, 0.717) is 33.6 Å². The van der Waals surface area contributed by atoms with Gasteiger partial charge in [0.1, 0.15) is 17.1 Å². The third-order valence-corrected chi connectivity index (χ3v) is 6.12. The molecule has 5 rings (SSSR count). The first-order valence-corrected chi connectivity index (χ1v) is 11.3. The Morgan fingerprint density at radius 2 is 1.75 bits per heavy atom. The lowest BCUT2D eigenvalue weighted by Gasteiger charge is -2.19. The Kier molecular flexibility index (Phi) is 6.22. The molecule has 4 aromatic rings. The van der Waals surface area contributed by atoms with Gasteiger partial charge in [0.15, 0.2) is 16.9 Å². The van der Waals surface area contributed by atoms with Crippen molar-refractivity contribution >= 4 is 16.9 Å². The van der Waals surface area contributed by atoms with Crippen LogP contribution in [0.25, 0.3) is 11.0 Å². The molecule has 9 heteroatoms. The Balaban J connectivity index is 1.46. The summed E-state index contributed by atoms with van der Waals surface area (Å²) in [5.41, 5.74) is 0.998. The number of hydrogen-bond acceptors (Lipinski definition) is 8. The number of ether oxygens (including phenoxy) is 2. The molecule has 1 aliphatic heterocycles. The summed E-state index contributed by atoms with van der Waals surface area (Å²) < 4.78 is 16.4. The van der Waals surface area contributed by atoms with Gasteiger partial charge in [-0.2, -0.15) is 0 Å². The van der Waals surface area contributed by atoms with Crippen molar-refractivity contribution < 1.29 is 34.0 Å². The number of rotatable bonds is 7. The maximum atomic E-state index is 13.4. The van der Waals surface area contributed by atoms with E-state index < -0.39 is 17.9 Å². The topological polar surface area (TPSA) is 138 Å². The zero-order chi connectivity index (χ0) is 25.2. The van der Waals surface area contributed by atoms with E-state index in [1.165, 1.54) is 24.5 Å². The molecule has 0 saturated heterocycles. The largest absolute Gasteiger partial charge is 0.508 e. The first-order valence-electron chi connectivity index (χ1n) is 11.3. The Morgan fingerprint density at radius 1 is 0.972 bits per heavy atom. The highest BCUT2D eigenvalue weighted by Crippen LogP contribution is 2.42. The Labute approximate surface area is 205 Å². The Hall–Kier alpha value is -4.50. The smallest absolute Gasteiger partial charge is 0.231 e. The van der Waals surface area contributed by atoms with E-state index in [0.717, 1.165) is 0 Å². The van der Waals surface area contributed by atoms with Crippen LogP contribution in [0, 0.1) is 0 Å². The van der Waals surface area contributed by atoms with E-state index in [1.54, 1.807) is 42.5 Å². The number of aromatic hydroxyl groups is 2. The monoisotopic (exact) mass is 489 g/mol. The lowest BCUT2D eigenvalue weighted by atomic mass is 9.87. The molecule has 184 valence electrons. The number of hydrogen-bond donors (Lipinski definition) is 4. The van der Waals surface area contributed by atoms with Gasteiger partial charge in [-0.25, -0.2) is 0 Å². The molecule has 0 fully saturated rings. The maximum Gasteiger partial charge on any atom is 0.231 e. The number of phenols is 2. The molecule has 0 radical (unpaired) electrons. The molecule has 1 aromatic heterocycles. The number of aliphatic hydroxyl groups excluding tert-OH is 1. The van der Waals surface area contributed by atoms with Crippen molar-refractivity contribution in [3.05, 3.63) is 93.8 Å². The molecule has 2 atom stereocenters. The lowest BCUT2D eigenvalue weighted by molar-refractivity contribution is -0.121. The molecular formula is C27H23NO8. The van der Waals surface area contributed by atoms with Gasteiger partial charge in [0.2, 0.25) is 12.7 Å². The second-order valence-corrected chi connectivity index (χ2v) is 8.45. The predicted octanol–water partition coefficient (Wildman–Crippen LogP) is 3.30. The minimum absolute atomic E-state index is 0.000691. The summed E-state index contributed by atoms with van der Waals surface area (Å²) in [6.45, 7) is -0.122. The zero-order valence-electron chi connectivity index (χ0n) is 19.0. The van der Waals surface area contributed by atoms with E-state index in [9.17, 15) is 24.9 Å². The predicted molar refractivity (Wildman–Crippen MR) is 129 cm³/mol. The summed E-state index contributed by atoms with van der Waals surface area (Å²) in [7, 11) is 0. The summed E-state index contributed by atoms with van der Waals surface area (Å²) in [6.07, 6.45) is 0.0290. The van der Waals surface area contributed by atoms with Gasteiger partial charge in [-0.1, -0.05) is 24.3 Å². The average molecular weight is 489 g/mol. The standard InChI is InChI=1S/C27H23NO8/c29-16-5-3-4-15(8-16)22(31)12-28-26(32)10-18(19-9-24-25(11-21(19)30)36-14-35-24)20-13-34-23-7-2-1-6-17(23)27(20)33/h1-9,11,13,18,22,29-31H,10,12,14H2,(H,28,32). The second-order valence-electron chi connectivity index (χ2n) is 8.45. The highest BCUT2D eigenvalue weighted by Gasteiger charge is 2.28.